The summed E-state index contributed by atoms with van der Waals surface area (Å²) in [6.45, 7) is 2.00. The number of methoxy groups -OCH3 is 1. The molecule has 3 aromatic rings. The first-order valence-corrected chi connectivity index (χ1v) is 11.8. The molecule has 30 heavy (non-hydrogen) atoms. The molecule has 1 aromatic heterocycles. The Bertz CT molecular complexity index is 1080. The van der Waals surface area contributed by atoms with Crippen molar-refractivity contribution in [3.63, 3.8) is 0 Å². The third-order valence-corrected chi connectivity index (χ3v) is 7.99. The van der Waals surface area contributed by atoms with Crippen LogP contribution >= 0.6 is 11.3 Å². The second-order valence-corrected chi connectivity index (χ2v) is 9.80. The lowest BCUT2D eigenvalue weighted by Gasteiger charge is -2.20. The van der Waals surface area contributed by atoms with Crippen molar-refractivity contribution >= 4 is 33.0 Å². The fraction of sp³-hybridized carbons (Fsp3) is 0.227. The van der Waals surface area contributed by atoms with Gasteiger partial charge in [0.15, 0.2) is 0 Å². The van der Waals surface area contributed by atoms with E-state index in [9.17, 15) is 13.2 Å². The van der Waals surface area contributed by atoms with E-state index in [1.807, 2.05) is 31.2 Å². The average molecular weight is 445 g/mol. The lowest BCUT2D eigenvalue weighted by atomic mass is 10.0. The Morgan fingerprint density at radius 2 is 1.77 bits per heavy atom. The van der Waals surface area contributed by atoms with Crippen molar-refractivity contribution in [2.75, 3.05) is 18.5 Å². The first-order chi connectivity index (χ1) is 14.4. The number of nitrogens with one attached hydrogen (secondary N) is 1. The van der Waals surface area contributed by atoms with Crippen LogP contribution < -0.4 is 14.4 Å². The van der Waals surface area contributed by atoms with Crippen LogP contribution in [0, 0.1) is 0 Å². The van der Waals surface area contributed by atoms with Crippen molar-refractivity contribution in [1.29, 1.82) is 0 Å². The summed E-state index contributed by atoms with van der Waals surface area (Å²) < 4.78 is 32.0. The van der Waals surface area contributed by atoms with E-state index in [1.54, 1.807) is 48.9 Å². The van der Waals surface area contributed by atoms with Gasteiger partial charge < -0.3 is 10.1 Å². The minimum absolute atomic E-state index is 0.134. The van der Waals surface area contributed by atoms with Gasteiger partial charge >= 0.3 is 0 Å². The van der Waals surface area contributed by atoms with Crippen LogP contribution in [0.15, 0.2) is 70.3 Å². The largest absolute Gasteiger partial charge is 0.497 e. The molecule has 0 aliphatic rings. The third-order valence-electron chi connectivity index (χ3n) is 4.83. The Kier molecular flexibility index (Phi) is 6.79. The second-order valence-electron chi connectivity index (χ2n) is 6.66. The minimum atomic E-state index is -3.61. The van der Waals surface area contributed by atoms with E-state index in [0.29, 0.717) is 11.3 Å². The molecule has 3 rings (SSSR count). The van der Waals surface area contributed by atoms with Gasteiger partial charge in [0.1, 0.15) is 9.96 Å². The van der Waals surface area contributed by atoms with Crippen molar-refractivity contribution in [1.82, 2.24) is 5.32 Å². The molecule has 8 heteroatoms. The number of thiophene rings is 1. The van der Waals surface area contributed by atoms with Gasteiger partial charge in [0.2, 0.25) is 0 Å². The predicted molar refractivity (Wildman–Crippen MR) is 120 cm³/mol. The molecule has 0 saturated heterocycles. The summed E-state index contributed by atoms with van der Waals surface area (Å²) in [6, 6.07) is 17.3. The number of nitrogens with zero attached hydrogens (tertiary/aromatic N) is 1. The zero-order valence-corrected chi connectivity index (χ0v) is 18.7. The van der Waals surface area contributed by atoms with E-state index < -0.39 is 10.0 Å². The average Bonchev–Trinajstić information content (AvgIpc) is 3.33. The van der Waals surface area contributed by atoms with Crippen LogP contribution in [0.25, 0.3) is 0 Å². The molecular weight excluding hydrogens is 420 g/mol. The number of amides is 1. The Morgan fingerprint density at radius 3 is 2.30 bits per heavy atom. The van der Waals surface area contributed by atoms with Gasteiger partial charge in [-0.05, 0) is 59.8 Å². The van der Waals surface area contributed by atoms with Gasteiger partial charge in [-0.1, -0.05) is 25.1 Å². The Hall–Kier alpha value is -2.84. The van der Waals surface area contributed by atoms with Crippen LogP contribution in [0.2, 0.25) is 0 Å². The zero-order chi connectivity index (χ0) is 21.7. The van der Waals surface area contributed by atoms with Gasteiger partial charge in [-0.2, -0.15) is 0 Å². The van der Waals surface area contributed by atoms with Gasteiger partial charge in [0.05, 0.1) is 18.8 Å². The molecule has 0 spiro atoms. The lowest BCUT2D eigenvalue weighted by molar-refractivity contribution is 0.0935. The van der Waals surface area contributed by atoms with Crippen molar-refractivity contribution in [2.45, 2.75) is 23.6 Å². The minimum Gasteiger partial charge on any atom is -0.497 e. The highest BCUT2D eigenvalue weighted by molar-refractivity contribution is 7.94. The molecule has 1 heterocycles. The summed E-state index contributed by atoms with van der Waals surface area (Å²) in [4.78, 5) is 12.7. The predicted octanol–water partition coefficient (Wildman–Crippen LogP) is 4.46. The molecular formula is C22H24N2O4S2. The summed E-state index contributed by atoms with van der Waals surface area (Å²) in [6.07, 6.45) is 0.734. The number of ether oxygens (including phenoxy) is 1. The molecule has 1 N–H and O–H groups in total. The highest BCUT2D eigenvalue weighted by Gasteiger charge is 2.22. The maximum atomic E-state index is 12.7. The summed E-state index contributed by atoms with van der Waals surface area (Å²) in [5.74, 6) is 0.546. The highest BCUT2D eigenvalue weighted by atomic mass is 32.2. The van der Waals surface area contributed by atoms with Crippen molar-refractivity contribution in [3.05, 3.63) is 77.2 Å². The van der Waals surface area contributed by atoms with Crippen LogP contribution in [0.5, 0.6) is 5.75 Å². The van der Waals surface area contributed by atoms with E-state index in [0.717, 1.165) is 17.7 Å². The number of hydrogen-bond acceptors (Lipinski definition) is 5. The standard InChI is InChI=1S/C22H24N2O4S2/c1-4-20(16-9-13-19(28-3)14-10-16)23-22(25)17-7-11-18(12-8-17)24(2)30(26,27)21-6-5-15-29-21/h5-15,20H,4H2,1-3H3,(H,23,25)/t20-/m0/s1. The van der Waals surface area contributed by atoms with Crippen LogP contribution in [-0.4, -0.2) is 28.5 Å². The summed E-state index contributed by atoms with van der Waals surface area (Å²) in [5, 5.41) is 4.75. The maximum Gasteiger partial charge on any atom is 0.273 e. The number of benzene rings is 2. The first-order valence-electron chi connectivity index (χ1n) is 9.44. The summed E-state index contributed by atoms with van der Waals surface area (Å²) in [7, 11) is -0.493. The molecule has 0 aliphatic carbocycles. The van der Waals surface area contributed by atoms with Crippen molar-refractivity contribution < 1.29 is 17.9 Å². The Balaban J connectivity index is 1.72. The number of carbonyl (C=O) groups excluding carboxylic acids is 1. The molecule has 2 aromatic carbocycles. The number of carbonyl (C=O) groups is 1. The van der Waals surface area contributed by atoms with Gasteiger partial charge in [0.25, 0.3) is 15.9 Å². The molecule has 0 radical (unpaired) electrons. The normalized spacial score (nSPS) is 12.2. The zero-order valence-electron chi connectivity index (χ0n) is 17.0. The number of rotatable bonds is 8. The van der Waals surface area contributed by atoms with Crippen LogP contribution in [0.1, 0.15) is 35.3 Å². The molecule has 6 nitrogen and oxygen atoms in total. The number of sulfonamides is 1. The molecule has 0 aliphatic heterocycles. The monoisotopic (exact) mass is 444 g/mol. The Morgan fingerprint density at radius 1 is 1.10 bits per heavy atom. The van der Waals surface area contributed by atoms with Crippen molar-refractivity contribution in [2.24, 2.45) is 0 Å². The van der Waals surface area contributed by atoms with Crippen LogP contribution in [0.3, 0.4) is 0 Å². The fourth-order valence-electron chi connectivity index (χ4n) is 3.01. The number of anilines is 1. The molecule has 0 bridgehead atoms. The van der Waals surface area contributed by atoms with E-state index in [2.05, 4.69) is 5.32 Å². The third kappa shape index (κ3) is 4.66. The SMILES string of the molecule is CC[C@H](NC(=O)c1ccc(N(C)S(=O)(=O)c2cccs2)cc1)c1ccc(OC)cc1. The molecule has 0 saturated carbocycles. The second kappa shape index (κ2) is 9.32. The number of hydrogen-bond donors (Lipinski definition) is 1. The fourth-order valence-corrected chi connectivity index (χ4v) is 5.36. The van der Waals surface area contributed by atoms with Crippen molar-refractivity contribution in [3.8, 4) is 5.75 Å². The van der Waals surface area contributed by atoms with Gasteiger partial charge in [-0.3, -0.25) is 9.10 Å². The van der Waals surface area contributed by atoms with Gasteiger partial charge in [-0.25, -0.2) is 8.42 Å². The first kappa shape index (κ1) is 21.9. The van der Waals surface area contributed by atoms with Gasteiger partial charge in [0, 0.05) is 12.6 Å². The molecule has 1 amide bonds. The van der Waals surface area contributed by atoms with E-state index in [-0.39, 0.29) is 16.2 Å². The van der Waals surface area contributed by atoms with Gasteiger partial charge in [-0.15, -0.1) is 11.3 Å². The molecule has 0 unspecified atom stereocenters. The topological polar surface area (TPSA) is 75.7 Å². The maximum absolute atomic E-state index is 12.7. The molecule has 158 valence electrons. The van der Waals surface area contributed by atoms with E-state index in [1.165, 1.54) is 22.7 Å². The summed E-state index contributed by atoms with van der Waals surface area (Å²) >= 11 is 1.17. The molecule has 1 atom stereocenters. The van der Waals surface area contributed by atoms with Crippen LogP contribution in [0.4, 0.5) is 5.69 Å². The smallest absolute Gasteiger partial charge is 0.273 e. The lowest BCUT2D eigenvalue weighted by Crippen LogP contribution is -2.28. The quantitative estimate of drug-likeness (QED) is 0.556. The highest BCUT2D eigenvalue weighted by Crippen LogP contribution is 2.26. The Labute approximate surface area is 181 Å². The van der Waals surface area contributed by atoms with E-state index in [4.69, 9.17) is 4.74 Å². The van der Waals surface area contributed by atoms with E-state index >= 15 is 0 Å². The molecule has 0 fully saturated rings. The van der Waals surface area contributed by atoms with Crippen LogP contribution in [-0.2, 0) is 10.0 Å². The summed E-state index contributed by atoms with van der Waals surface area (Å²) in [5.41, 5.74) is 1.94.